The molecule has 1 atom stereocenters. The van der Waals surface area contributed by atoms with Crippen molar-refractivity contribution in [3.8, 4) is 0 Å². The minimum Gasteiger partial charge on any atom is -0.381 e. The van der Waals surface area contributed by atoms with E-state index >= 15 is 0 Å². The molecule has 1 unspecified atom stereocenters. The van der Waals surface area contributed by atoms with Crippen molar-refractivity contribution in [3.63, 3.8) is 0 Å². The average Bonchev–Trinajstić information content (AvgIpc) is 2.63. The van der Waals surface area contributed by atoms with E-state index in [1.165, 1.54) is 6.42 Å². The van der Waals surface area contributed by atoms with Crippen LogP contribution in [0.1, 0.15) is 60.5 Å². The van der Waals surface area contributed by atoms with Gasteiger partial charge in [-0.2, -0.15) is 0 Å². The summed E-state index contributed by atoms with van der Waals surface area (Å²) in [6, 6.07) is 17.1. The molecule has 1 fully saturated rings. The molecular formula is C21H24O2. The normalized spacial score (nSPS) is 18.3. The Morgan fingerprint density at radius 3 is 2.09 bits per heavy atom. The Kier molecular flexibility index (Phi) is 4.63. The second-order valence-corrected chi connectivity index (χ2v) is 6.71. The van der Waals surface area contributed by atoms with Crippen LogP contribution in [-0.4, -0.2) is 10.9 Å². The fraction of sp³-hybridized carbons (Fsp3) is 0.381. The van der Waals surface area contributed by atoms with Crippen LogP contribution in [-0.2, 0) is 5.60 Å². The van der Waals surface area contributed by atoms with Crippen LogP contribution in [0.2, 0.25) is 0 Å². The molecule has 0 aromatic heterocycles. The Bertz CT molecular complexity index is 650. The summed E-state index contributed by atoms with van der Waals surface area (Å²) in [4.78, 5) is 12.6. The molecule has 1 saturated carbocycles. The van der Waals surface area contributed by atoms with Crippen LogP contribution in [0, 0.1) is 5.92 Å². The quantitative estimate of drug-likeness (QED) is 0.831. The first kappa shape index (κ1) is 15.9. The van der Waals surface area contributed by atoms with Crippen molar-refractivity contribution in [1.29, 1.82) is 0 Å². The maximum Gasteiger partial charge on any atom is 0.165 e. The SMILES string of the molecule is CC(O)(c1ccccc1)c1ccc(C(=O)C2CCCCC2)cc1. The molecule has 2 nitrogen and oxygen atoms in total. The third-order valence-electron chi connectivity index (χ3n) is 5.04. The van der Waals surface area contributed by atoms with Crippen LogP contribution in [0.4, 0.5) is 0 Å². The molecule has 0 spiro atoms. The summed E-state index contributed by atoms with van der Waals surface area (Å²) in [5, 5.41) is 10.9. The van der Waals surface area contributed by atoms with E-state index < -0.39 is 5.60 Å². The Morgan fingerprint density at radius 1 is 0.913 bits per heavy atom. The molecule has 23 heavy (non-hydrogen) atoms. The predicted octanol–water partition coefficient (Wildman–Crippen LogP) is 4.71. The van der Waals surface area contributed by atoms with Crippen LogP contribution in [0.5, 0.6) is 0 Å². The number of hydrogen-bond acceptors (Lipinski definition) is 2. The summed E-state index contributed by atoms with van der Waals surface area (Å²) >= 11 is 0. The predicted molar refractivity (Wildman–Crippen MR) is 92.5 cm³/mol. The number of carbonyl (C=O) groups is 1. The zero-order valence-electron chi connectivity index (χ0n) is 13.7. The van der Waals surface area contributed by atoms with Gasteiger partial charge in [0.25, 0.3) is 0 Å². The van der Waals surface area contributed by atoms with Crippen molar-refractivity contribution in [2.75, 3.05) is 0 Å². The molecule has 0 saturated heterocycles. The third-order valence-corrected chi connectivity index (χ3v) is 5.04. The topological polar surface area (TPSA) is 37.3 Å². The summed E-state index contributed by atoms with van der Waals surface area (Å²) in [7, 11) is 0. The number of carbonyl (C=O) groups excluding carboxylic acids is 1. The smallest absolute Gasteiger partial charge is 0.165 e. The first-order chi connectivity index (χ1) is 11.1. The largest absolute Gasteiger partial charge is 0.381 e. The lowest BCUT2D eigenvalue weighted by Crippen LogP contribution is -2.23. The first-order valence-corrected chi connectivity index (χ1v) is 8.51. The molecule has 0 bridgehead atoms. The molecule has 1 N–H and O–H groups in total. The van der Waals surface area contributed by atoms with E-state index in [4.69, 9.17) is 0 Å². The Balaban J connectivity index is 1.80. The van der Waals surface area contributed by atoms with Gasteiger partial charge < -0.3 is 5.11 Å². The molecule has 2 heteroatoms. The van der Waals surface area contributed by atoms with E-state index in [0.29, 0.717) is 0 Å². The highest BCUT2D eigenvalue weighted by Crippen LogP contribution is 2.31. The number of Topliss-reactive ketones (excluding diaryl/α,β-unsaturated/α-hetero) is 1. The van der Waals surface area contributed by atoms with Crippen molar-refractivity contribution in [2.24, 2.45) is 5.92 Å². The van der Waals surface area contributed by atoms with E-state index in [0.717, 1.165) is 42.4 Å². The lowest BCUT2D eigenvalue weighted by molar-refractivity contribution is 0.0887. The van der Waals surface area contributed by atoms with Crippen molar-refractivity contribution >= 4 is 5.78 Å². The monoisotopic (exact) mass is 308 g/mol. The van der Waals surface area contributed by atoms with E-state index in [1.807, 2.05) is 54.6 Å². The van der Waals surface area contributed by atoms with Gasteiger partial charge in [0.15, 0.2) is 5.78 Å². The Labute approximate surface area is 138 Å². The molecule has 0 radical (unpaired) electrons. The highest BCUT2D eigenvalue weighted by atomic mass is 16.3. The fourth-order valence-corrected chi connectivity index (χ4v) is 3.49. The number of aliphatic hydroxyl groups is 1. The van der Waals surface area contributed by atoms with Gasteiger partial charge in [0.1, 0.15) is 5.60 Å². The van der Waals surface area contributed by atoms with E-state index in [1.54, 1.807) is 6.92 Å². The standard InChI is InChI=1S/C21H24O2/c1-21(23,18-10-6-3-7-11-18)19-14-12-17(13-15-19)20(22)16-8-4-2-5-9-16/h3,6-7,10-16,23H,2,4-5,8-9H2,1H3. The van der Waals surface area contributed by atoms with Gasteiger partial charge in [0.2, 0.25) is 0 Å². The number of benzene rings is 2. The molecule has 0 heterocycles. The fourth-order valence-electron chi connectivity index (χ4n) is 3.49. The zero-order chi connectivity index (χ0) is 16.3. The van der Waals surface area contributed by atoms with Crippen molar-refractivity contribution in [1.82, 2.24) is 0 Å². The van der Waals surface area contributed by atoms with Crippen LogP contribution in [0.3, 0.4) is 0 Å². The Hall–Kier alpha value is -1.93. The molecule has 120 valence electrons. The van der Waals surface area contributed by atoms with Gasteiger partial charge in [-0.3, -0.25) is 4.79 Å². The highest BCUT2D eigenvalue weighted by molar-refractivity contribution is 5.97. The van der Waals surface area contributed by atoms with Gasteiger partial charge in [0.05, 0.1) is 0 Å². The van der Waals surface area contributed by atoms with Gasteiger partial charge >= 0.3 is 0 Å². The first-order valence-electron chi connectivity index (χ1n) is 8.51. The summed E-state index contributed by atoms with van der Waals surface area (Å²) in [6.45, 7) is 1.79. The van der Waals surface area contributed by atoms with Gasteiger partial charge in [-0.15, -0.1) is 0 Å². The minimum atomic E-state index is -1.05. The summed E-state index contributed by atoms with van der Waals surface area (Å²) in [5.74, 6) is 0.444. The lowest BCUT2D eigenvalue weighted by Gasteiger charge is -2.25. The maximum absolute atomic E-state index is 12.6. The summed E-state index contributed by atoms with van der Waals surface area (Å²) in [5.41, 5.74) is 1.38. The number of hydrogen-bond donors (Lipinski definition) is 1. The van der Waals surface area contributed by atoms with Crippen LogP contribution < -0.4 is 0 Å². The highest BCUT2D eigenvalue weighted by Gasteiger charge is 2.26. The van der Waals surface area contributed by atoms with E-state index in [9.17, 15) is 9.90 Å². The summed E-state index contributed by atoms with van der Waals surface area (Å²) < 4.78 is 0. The molecule has 0 amide bonds. The van der Waals surface area contributed by atoms with Crippen LogP contribution >= 0.6 is 0 Å². The minimum absolute atomic E-state index is 0.184. The molecule has 2 aromatic carbocycles. The van der Waals surface area contributed by atoms with E-state index in [2.05, 4.69) is 0 Å². The second-order valence-electron chi connectivity index (χ2n) is 6.71. The van der Waals surface area contributed by atoms with Crippen LogP contribution in [0.15, 0.2) is 54.6 Å². The second kappa shape index (κ2) is 6.67. The number of ketones is 1. The molecular weight excluding hydrogens is 284 g/mol. The molecule has 0 aliphatic heterocycles. The maximum atomic E-state index is 12.6. The van der Waals surface area contributed by atoms with Crippen molar-refractivity contribution in [3.05, 3.63) is 71.3 Å². The van der Waals surface area contributed by atoms with Gasteiger partial charge in [0, 0.05) is 11.5 Å². The zero-order valence-corrected chi connectivity index (χ0v) is 13.7. The van der Waals surface area contributed by atoms with Crippen molar-refractivity contribution < 1.29 is 9.90 Å². The molecule has 1 aliphatic carbocycles. The lowest BCUT2D eigenvalue weighted by atomic mass is 9.83. The number of rotatable bonds is 4. The van der Waals surface area contributed by atoms with E-state index in [-0.39, 0.29) is 11.7 Å². The van der Waals surface area contributed by atoms with Crippen molar-refractivity contribution in [2.45, 2.75) is 44.6 Å². The molecule has 2 aromatic rings. The van der Waals surface area contributed by atoms with Gasteiger partial charge in [-0.25, -0.2) is 0 Å². The third kappa shape index (κ3) is 3.37. The van der Waals surface area contributed by atoms with Crippen LogP contribution in [0.25, 0.3) is 0 Å². The van der Waals surface area contributed by atoms with Gasteiger partial charge in [-0.05, 0) is 30.9 Å². The van der Waals surface area contributed by atoms with Gasteiger partial charge in [-0.1, -0.05) is 73.9 Å². The summed E-state index contributed by atoms with van der Waals surface area (Å²) in [6.07, 6.45) is 5.61. The Morgan fingerprint density at radius 2 is 1.48 bits per heavy atom. The average molecular weight is 308 g/mol. The molecule has 3 rings (SSSR count). The molecule has 1 aliphatic rings.